The molecule has 1 saturated heterocycles. The Morgan fingerprint density at radius 2 is 2.00 bits per heavy atom. The number of carbonyl (C=O) groups is 1. The summed E-state index contributed by atoms with van der Waals surface area (Å²) in [6.07, 6.45) is 5.49. The van der Waals surface area contributed by atoms with Crippen molar-refractivity contribution in [1.82, 2.24) is 14.5 Å². The zero-order valence-corrected chi connectivity index (χ0v) is 20.7. The van der Waals surface area contributed by atoms with E-state index in [9.17, 15) is 19.1 Å². The van der Waals surface area contributed by atoms with Crippen molar-refractivity contribution in [1.29, 1.82) is 0 Å². The molecule has 4 N–H and O–H groups in total. The predicted octanol–water partition coefficient (Wildman–Crippen LogP) is 3.12. The molecular formula is C27H24F2N6O3. The van der Waals surface area contributed by atoms with Crippen LogP contribution in [0.15, 0.2) is 35.5 Å². The lowest BCUT2D eigenvalue weighted by atomic mass is 9.97. The smallest absolute Gasteiger partial charge is 0.341 e. The van der Waals surface area contributed by atoms with Gasteiger partial charge in [0.2, 0.25) is 5.43 Å². The molecule has 3 aromatic heterocycles. The molecule has 11 heteroatoms. The number of aromatic carboxylic acids is 1. The number of carboxylic acid groups (broad SMARTS) is 1. The fourth-order valence-corrected chi connectivity index (χ4v) is 5.63. The molecule has 1 fully saturated rings. The molecule has 6 rings (SSSR count). The molecule has 38 heavy (non-hydrogen) atoms. The van der Waals surface area contributed by atoms with Crippen LogP contribution < -0.4 is 21.4 Å². The fraction of sp³-hybridized carbons (Fsp3) is 0.259. The highest BCUT2D eigenvalue weighted by atomic mass is 19.2. The van der Waals surface area contributed by atoms with Crippen LogP contribution in [-0.4, -0.2) is 51.8 Å². The summed E-state index contributed by atoms with van der Waals surface area (Å²) in [4.78, 5) is 35.8. The molecular weight excluding hydrogens is 494 g/mol. The van der Waals surface area contributed by atoms with Crippen molar-refractivity contribution in [2.24, 2.45) is 12.8 Å². The number of hydrogen-bond donors (Lipinski definition) is 3. The van der Waals surface area contributed by atoms with E-state index in [1.54, 1.807) is 32.6 Å². The van der Waals surface area contributed by atoms with Gasteiger partial charge in [-0.1, -0.05) is 0 Å². The Bertz CT molecular complexity index is 1740. The first-order chi connectivity index (χ1) is 18.2. The van der Waals surface area contributed by atoms with Gasteiger partial charge in [-0.15, -0.1) is 0 Å². The lowest BCUT2D eigenvalue weighted by Crippen LogP contribution is -2.27. The van der Waals surface area contributed by atoms with Gasteiger partial charge >= 0.3 is 5.97 Å². The molecule has 0 spiro atoms. The largest absolute Gasteiger partial charge is 0.477 e. The van der Waals surface area contributed by atoms with Gasteiger partial charge in [-0.3, -0.25) is 9.78 Å². The molecule has 4 heterocycles. The Hall–Kier alpha value is -4.38. The quantitative estimate of drug-likeness (QED) is 0.331. The zero-order valence-electron chi connectivity index (χ0n) is 20.7. The molecule has 194 valence electrons. The fourth-order valence-electron chi connectivity index (χ4n) is 5.63. The molecule has 0 saturated carbocycles. The van der Waals surface area contributed by atoms with Crippen LogP contribution in [0.25, 0.3) is 33.3 Å². The van der Waals surface area contributed by atoms with E-state index in [0.717, 1.165) is 12.5 Å². The van der Waals surface area contributed by atoms with E-state index >= 15 is 4.39 Å². The normalized spacial score (nSPS) is 16.1. The van der Waals surface area contributed by atoms with Gasteiger partial charge in [0.1, 0.15) is 11.2 Å². The van der Waals surface area contributed by atoms with Gasteiger partial charge in [0.05, 0.1) is 16.8 Å². The Labute approximate surface area is 215 Å². The van der Waals surface area contributed by atoms with Gasteiger partial charge < -0.3 is 25.6 Å². The molecule has 4 aromatic rings. The van der Waals surface area contributed by atoms with Gasteiger partial charge in [0.15, 0.2) is 11.6 Å². The topological polar surface area (TPSA) is 126 Å². The van der Waals surface area contributed by atoms with Crippen LogP contribution in [0.2, 0.25) is 0 Å². The number of benzene rings is 1. The number of aromatic nitrogens is 3. The molecule has 0 radical (unpaired) electrons. The highest BCUT2D eigenvalue weighted by molar-refractivity contribution is 5.98. The van der Waals surface area contributed by atoms with Crippen molar-refractivity contribution in [2.75, 3.05) is 30.4 Å². The molecule has 1 aliphatic carbocycles. The summed E-state index contributed by atoms with van der Waals surface area (Å²) in [6, 6.07) is 2.63. The zero-order chi connectivity index (χ0) is 26.9. The number of anilines is 2. The average molecular weight is 519 g/mol. The third-order valence-corrected chi connectivity index (χ3v) is 7.42. The monoisotopic (exact) mass is 518 g/mol. The molecule has 1 aromatic carbocycles. The Morgan fingerprint density at radius 1 is 1.21 bits per heavy atom. The van der Waals surface area contributed by atoms with E-state index < -0.39 is 23.0 Å². The van der Waals surface area contributed by atoms with Gasteiger partial charge in [-0.2, -0.15) is 0 Å². The second-order valence-corrected chi connectivity index (χ2v) is 9.72. The van der Waals surface area contributed by atoms with Crippen LogP contribution in [0.4, 0.5) is 20.2 Å². The number of nitrogens with one attached hydrogen (secondary N) is 1. The third-order valence-electron chi connectivity index (χ3n) is 7.42. The number of hydrogen-bond acceptors (Lipinski definition) is 7. The van der Waals surface area contributed by atoms with Crippen molar-refractivity contribution in [3.63, 3.8) is 0 Å². The molecule has 0 unspecified atom stereocenters. The van der Waals surface area contributed by atoms with Gasteiger partial charge in [-0.05, 0) is 18.1 Å². The molecule has 1 atom stereocenters. The van der Waals surface area contributed by atoms with E-state index in [2.05, 4.69) is 15.3 Å². The number of fused-ring (bicyclic) bond motifs is 4. The summed E-state index contributed by atoms with van der Waals surface area (Å²) >= 11 is 0. The minimum Gasteiger partial charge on any atom is -0.477 e. The molecule has 9 nitrogen and oxygen atoms in total. The SMILES string of the molecule is CNc1cc(F)c(F)c2c1Cc1ncc(-c3cnc4c(c3)c(=O)c(C(=O)O)cn4C)c(N3CC[C@@H](N)C3)c1-2. The van der Waals surface area contributed by atoms with Gasteiger partial charge in [0, 0.05) is 92.2 Å². The first kappa shape index (κ1) is 24.0. The van der Waals surface area contributed by atoms with E-state index in [0.29, 0.717) is 64.5 Å². The molecule has 0 amide bonds. The number of carboxylic acids is 1. The highest BCUT2D eigenvalue weighted by Crippen LogP contribution is 2.50. The second-order valence-electron chi connectivity index (χ2n) is 9.72. The van der Waals surface area contributed by atoms with Crippen LogP contribution in [0.1, 0.15) is 28.0 Å². The summed E-state index contributed by atoms with van der Waals surface area (Å²) in [6.45, 7) is 1.10. The van der Waals surface area contributed by atoms with Crippen molar-refractivity contribution < 1.29 is 18.7 Å². The first-order valence-corrected chi connectivity index (χ1v) is 12.1. The van der Waals surface area contributed by atoms with Crippen LogP contribution in [-0.2, 0) is 13.5 Å². The number of nitrogens with zero attached hydrogens (tertiary/aromatic N) is 4. The molecule has 1 aliphatic heterocycles. The summed E-state index contributed by atoms with van der Waals surface area (Å²) < 4.78 is 31.6. The van der Waals surface area contributed by atoms with Crippen molar-refractivity contribution >= 4 is 28.4 Å². The highest BCUT2D eigenvalue weighted by Gasteiger charge is 2.35. The van der Waals surface area contributed by atoms with Crippen LogP contribution >= 0.6 is 0 Å². The Kier molecular flexibility index (Phi) is 5.42. The minimum atomic E-state index is -1.33. The van der Waals surface area contributed by atoms with Gasteiger partial charge in [0.25, 0.3) is 0 Å². The summed E-state index contributed by atoms with van der Waals surface area (Å²) in [5, 5.41) is 12.6. The number of nitrogens with two attached hydrogens (primary N) is 1. The maximum Gasteiger partial charge on any atom is 0.341 e. The Morgan fingerprint density at radius 3 is 2.68 bits per heavy atom. The van der Waals surface area contributed by atoms with Crippen LogP contribution in [0.5, 0.6) is 0 Å². The summed E-state index contributed by atoms with van der Waals surface area (Å²) in [7, 11) is 3.27. The maximum atomic E-state index is 15.4. The second kappa shape index (κ2) is 8.59. The minimum absolute atomic E-state index is 0.0992. The third kappa shape index (κ3) is 3.46. The predicted molar refractivity (Wildman–Crippen MR) is 140 cm³/mol. The number of aryl methyl sites for hydroxylation is 1. The maximum absolute atomic E-state index is 15.4. The standard InChI is InChI=1S/C27H24F2N6O3/c1-31-19-7-18(28)23(29)21-14(19)6-20-22(21)24(35-4-3-13(30)10-35)16(9-32-20)12-5-15-25(36)17(27(37)38)11-34(2)26(15)33-8-12/h5,7-9,11,13,31H,3-4,6,10,30H2,1-2H3,(H,37,38)/t13-/m1/s1. The number of pyridine rings is 3. The van der Waals surface area contributed by atoms with Crippen molar-refractivity contribution in [2.45, 2.75) is 18.9 Å². The molecule has 0 bridgehead atoms. The lowest BCUT2D eigenvalue weighted by Gasteiger charge is -2.25. The molecule has 2 aliphatic rings. The number of rotatable bonds is 4. The van der Waals surface area contributed by atoms with Crippen LogP contribution in [0, 0.1) is 11.6 Å². The van der Waals surface area contributed by atoms with E-state index in [4.69, 9.17) is 5.73 Å². The van der Waals surface area contributed by atoms with E-state index in [1.165, 1.54) is 10.8 Å². The van der Waals surface area contributed by atoms with E-state index in [1.807, 2.05) is 4.90 Å². The lowest BCUT2D eigenvalue weighted by molar-refractivity contribution is 0.0695. The van der Waals surface area contributed by atoms with Crippen molar-refractivity contribution in [3.05, 3.63) is 69.4 Å². The first-order valence-electron chi connectivity index (χ1n) is 12.1. The summed E-state index contributed by atoms with van der Waals surface area (Å²) in [5.74, 6) is -3.25. The van der Waals surface area contributed by atoms with Crippen molar-refractivity contribution in [3.8, 4) is 22.3 Å². The van der Waals surface area contributed by atoms with Crippen LogP contribution in [0.3, 0.4) is 0 Å². The Balaban J connectivity index is 1.66. The average Bonchev–Trinajstić information content (AvgIpc) is 3.51. The van der Waals surface area contributed by atoms with E-state index in [-0.39, 0.29) is 22.6 Å². The summed E-state index contributed by atoms with van der Waals surface area (Å²) in [5.41, 5.74) is 9.60. The number of halogens is 2. The van der Waals surface area contributed by atoms with Gasteiger partial charge in [-0.25, -0.2) is 18.6 Å².